The minimum atomic E-state index is -4.22. The molecule has 2 aliphatic carbocycles. The molecule has 7 nitrogen and oxygen atoms in total. The van der Waals surface area contributed by atoms with Crippen LogP contribution in [-0.2, 0) is 32.5 Å². The molecule has 3 aliphatic rings. The first-order chi connectivity index (χ1) is 24.1. The summed E-state index contributed by atoms with van der Waals surface area (Å²) in [6, 6.07) is 20.4. The molecule has 0 saturated carbocycles. The molecule has 0 spiro atoms. The first-order valence-corrected chi connectivity index (χ1v) is 19.3. The van der Waals surface area contributed by atoms with E-state index in [0.717, 1.165) is 23.4 Å². The van der Waals surface area contributed by atoms with Crippen LogP contribution in [0.5, 0.6) is 11.5 Å². The highest BCUT2D eigenvalue weighted by Crippen LogP contribution is 2.55. The molecular formula is C43H49NO6S. The minimum absolute atomic E-state index is 0.0301. The average molecular weight is 708 g/mol. The van der Waals surface area contributed by atoms with E-state index in [1.165, 1.54) is 17.7 Å². The summed E-state index contributed by atoms with van der Waals surface area (Å²) in [5, 5.41) is 0. The van der Waals surface area contributed by atoms with Gasteiger partial charge in [0, 0.05) is 53.4 Å². The SMILES string of the molecule is C=CCc1cc(C2C3=C(CC(C)(C)CC3=O)N(CCc3ccccc3)C3=C2C(=O)CC(C)(C)C3)cc(OCC)c1OS(=O)(=O)c1ccc(C)cc1. The van der Waals surface area contributed by atoms with E-state index < -0.39 is 16.0 Å². The summed E-state index contributed by atoms with van der Waals surface area (Å²) in [5.74, 6) is -0.237. The second-order valence-electron chi connectivity index (χ2n) is 15.7. The van der Waals surface area contributed by atoms with E-state index in [2.05, 4.69) is 51.3 Å². The Hall–Kier alpha value is -4.43. The van der Waals surface area contributed by atoms with Gasteiger partial charge in [-0.15, -0.1) is 6.58 Å². The Bertz CT molecular complexity index is 1980. The summed E-state index contributed by atoms with van der Waals surface area (Å²) >= 11 is 0. The fraction of sp³-hybridized carbons (Fsp3) is 0.395. The highest BCUT2D eigenvalue weighted by Gasteiger charge is 2.49. The normalized spacial score (nSPS) is 18.7. The smallest absolute Gasteiger partial charge is 0.339 e. The van der Waals surface area contributed by atoms with Gasteiger partial charge in [-0.25, -0.2) is 0 Å². The fourth-order valence-electron chi connectivity index (χ4n) is 7.91. The van der Waals surface area contributed by atoms with Gasteiger partial charge in [0.2, 0.25) is 0 Å². The van der Waals surface area contributed by atoms with Crippen LogP contribution in [0, 0.1) is 17.8 Å². The van der Waals surface area contributed by atoms with Crippen molar-refractivity contribution in [3.8, 4) is 11.5 Å². The zero-order chi connectivity index (χ0) is 36.7. The van der Waals surface area contributed by atoms with Crippen LogP contribution in [-0.4, -0.2) is 38.0 Å². The van der Waals surface area contributed by atoms with E-state index in [4.69, 9.17) is 8.92 Å². The number of ether oxygens (including phenoxy) is 1. The van der Waals surface area contributed by atoms with Crippen LogP contribution in [0.2, 0.25) is 0 Å². The van der Waals surface area contributed by atoms with Gasteiger partial charge >= 0.3 is 10.1 Å². The molecule has 51 heavy (non-hydrogen) atoms. The third-order valence-electron chi connectivity index (χ3n) is 10.1. The molecule has 0 bridgehead atoms. The Morgan fingerprint density at radius 2 is 1.45 bits per heavy atom. The number of carbonyl (C=O) groups is 2. The number of nitrogens with zero attached hydrogens (tertiary/aromatic N) is 1. The Morgan fingerprint density at radius 1 is 0.863 bits per heavy atom. The Kier molecular flexibility index (Phi) is 9.94. The lowest BCUT2D eigenvalue weighted by Gasteiger charge is -2.49. The molecule has 0 amide bonds. The molecule has 0 aromatic heterocycles. The second kappa shape index (κ2) is 13.9. The van der Waals surface area contributed by atoms with Gasteiger partial charge in [0.05, 0.1) is 6.61 Å². The number of allylic oxidation sites excluding steroid dienone is 5. The van der Waals surface area contributed by atoms with Crippen molar-refractivity contribution in [1.29, 1.82) is 0 Å². The van der Waals surface area contributed by atoms with Crippen LogP contribution >= 0.6 is 0 Å². The zero-order valence-corrected chi connectivity index (χ0v) is 31.5. The largest absolute Gasteiger partial charge is 0.490 e. The molecular weight excluding hydrogens is 659 g/mol. The van der Waals surface area contributed by atoms with E-state index in [-0.39, 0.29) is 51.8 Å². The van der Waals surface area contributed by atoms with Crippen LogP contribution in [0.3, 0.4) is 0 Å². The summed E-state index contributed by atoms with van der Waals surface area (Å²) in [6.45, 7) is 17.1. The molecule has 1 aliphatic heterocycles. The first-order valence-electron chi connectivity index (χ1n) is 17.9. The predicted molar refractivity (Wildman–Crippen MR) is 200 cm³/mol. The Balaban J connectivity index is 1.55. The number of Topliss-reactive ketones (excluding diaryl/α,β-unsaturated/α-hetero) is 2. The maximum atomic E-state index is 14.4. The van der Waals surface area contributed by atoms with Crippen LogP contribution < -0.4 is 8.92 Å². The number of carbonyl (C=O) groups excluding carboxylic acids is 2. The van der Waals surface area contributed by atoms with Gasteiger partial charge < -0.3 is 13.8 Å². The van der Waals surface area contributed by atoms with Crippen molar-refractivity contribution in [2.24, 2.45) is 10.8 Å². The summed E-state index contributed by atoms with van der Waals surface area (Å²) in [5.41, 5.74) is 6.12. The van der Waals surface area contributed by atoms with E-state index in [1.807, 2.05) is 38.1 Å². The van der Waals surface area contributed by atoms with Gasteiger partial charge in [0.15, 0.2) is 23.1 Å². The molecule has 0 N–H and O–H groups in total. The molecule has 0 unspecified atom stereocenters. The molecule has 0 fully saturated rings. The number of benzene rings is 3. The van der Waals surface area contributed by atoms with E-state index >= 15 is 0 Å². The lowest BCUT2D eigenvalue weighted by molar-refractivity contribution is -0.119. The maximum absolute atomic E-state index is 14.4. The van der Waals surface area contributed by atoms with Crippen molar-refractivity contribution in [2.75, 3.05) is 13.2 Å². The predicted octanol–water partition coefficient (Wildman–Crippen LogP) is 8.82. The van der Waals surface area contributed by atoms with E-state index in [1.54, 1.807) is 24.3 Å². The molecule has 0 radical (unpaired) electrons. The molecule has 3 aromatic carbocycles. The molecule has 3 aromatic rings. The molecule has 0 saturated heterocycles. The van der Waals surface area contributed by atoms with Gasteiger partial charge in [0.25, 0.3) is 0 Å². The average Bonchev–Trinajstić information content (AvgIpc) is 3.04. The summed E-state index contributed by atoms with van der Waals surface area (Å²) < 4.78 is 39.2. The standard InChI is InChI=1S/C43H49NO6S/c1-8-13-30-22-31(23-37(49-9-2)41(30)50-51(47,48)32-18-16-28(3)17-19-32)38-39-33(24-42(4,5)26-35(39)45)44(21-20-29-14-11-10-12-15-29)34-25-43(6,7)27-36(46)40(34)38/h8,10-12,14-19,22-23,38H,1,9,13,20-21,24-27H2,2-7H3. The molecule has 6 rings (SSSR count). The topological polar surface area (TPSA) is 90.0 Å². The number of rotatable bonds is 11. The molecule has 0 atom stereocenters. The summed E-state index contributed by atoms with van der Waals surface area (Å²) in [7, 11) is -4.22. The van der Waals surface area contributed by atoms with E-state index in [9.17, 15) is 18.0 Å². The van der Waals surface area contributed by atoms with Crippen LogP contribution in [0.15, 0.2) is 107 Å². The van der Waals surface area contributed by atoms with Gasteiger partial charge in [-0.05, 0) is 79.7 Å². The zero-order valence-electron chi connectivity index (χ0n) is 30.7. The van der Waals surface area contributed by atoms with Crippen molar-refractivity contribution in [1.82, 2.24) is 4.90 Å². The number of hydrogen-bond donors (Lipinski definition) is 0. The monoisotopic (exact) mass is 707 g/mol. The highest BCUT2D eigenvalue weighted by atomic mass is 32.2. The Labute approximate surface area is 303 Å². The third kappa shape index (κ3) is 7.48. The highest BCUT2D eigenvalue weighted by molar-refractivity contribution is 7.87. The van der Waals surface area contributed by atoms with Crippen LogP contribution in [0.4, 0.5) is 0 Å². The van der Waals surface area contributed by atoms with Crippen LogP contribution in [0.25, 0.3) is 0 Å². The number of aryl methyl sites for hydroxylation is 1. The van der Waals surface area contributed by atoms with Crippen molar-refractivity contribution in [3.63, 3.8) is 0 Å². The maximum Gasteiger partial charge on any atom is 0.339 e. The van der Waals surface area contributed by atoms with Crippen molar-refractivity contribution in [3.05, 3.63) is 124 Å². The quantitative estimate of drug-likeness (QED) is 0.145. The van der Waals surface area contributed by atoms with Gasteiger partial charge in [-0.3, -0.25) is 9.59 Å². The van der Waals surface area contributed by atoms with Gasteiger partial charge in [-0.1, -0.05) is 87.9 Å². The molecule has 1 heterocycles. The minimum Gasteiger partial charge on any atom is -0.490 e. The van der Waals surface area contributed by atoms with Crippen molar-refractivity contribution in [2.45, 2.75) is 90.9 Å². The number of ketones is 2. The molecule has 268 valence electrons. The first kappa shape index (κ1) is 36.4. The summed E-state index contributed by atoms with van der Waals surface area (Å²) in [4.78, 5) is 31.2. The van der Waals surface area contributed by atoms with Crippen molar-refractivity contribution >= 4 is 21.7 Å². The fourth-order valence-corrected chi connectivity index (χ4v) is 8.89. The Morgan fingerprint density at radius 3 is 2.00 bits per heavy atom. The molecule has 8 heteroatoms. The van der Waals surface area contributed by atoms with Crippen molar-refractivity contribution < 1.29 is 26.9 Å². The van der Waals surface area contributed by atoms with Gasteiger partial charge in [-0.2, -0.15) is 8.42 Å². The summed E-state index contributed by atoms with van der Waals surface area (Å²) in [6.07, 6.45) is 4.85. The second-order valence-corrected chi connectivity index (χ2v) is 17.3. The van der Waals surface area contributed by atoms with E-state index in [0.29, 0.717) is 54.5 Å². The number of hydrogen-bond acceptors (Lipinski definition) is 7. The third-order valence-corrected chi connectivity index (χ3v) is 11.4. The van der Waals surface area contributed by atoms with Crippen LogP contribution in [0.1, 0.15) is 88.5 Å². The lowest BCUT2D eigenvalue weighted by Crippen LogP contribution is -2.45. The van der Waals surface area contributed by atoms with Gasteiger partial charge in [0.1, 0.15) is 4.90 Å². The lowest BCUT2D eigenvalue weighted by atomic mass is 9.63.